The maximum absolute atomic E-state index is 13.4. The SMILES string of the molecule is CC(C)(C)OC(=O)N(CC1CC1)c1nc(-c2cc(F)ncc2Cl)cs1.CC(C)(C)OC(=O)Nc1nc(-c2cc(F)ncc2Cl)cs1.CCCNC1CCC(Cc2cc(-c3csc(NCC4CC4)n3)c(Cl)cn2)CC1.CCCNC1CCC(N)CC1.OCC1CC1. The Kier molecular flexibility index (Phi) is 28.7. The van der Waals surface area contributed by atoms with Crippen LogP contribution in [-0.4, -0.2) is 109 Å². The molecular formula is C65H91Cl3F2N12O5S3. The summed E-state index contributed by atoms with van der Waals surface area (Å²) in [5.74, 6) is 1.46. The molecule has 0 aromatic carbocycles. The Bertz CT molecular complexity index is 3170. The second kappa shape index (κ2) is 35.5. The van der Waals surface area contributed by atoms with Crippen LogP contribution in [-0.2, 0) is 15.9 Å². The lowest BCUT2D eigenvalue weighted by Crippen LogP contribution is -2.38. The molecule has 0 aliphatic heterocycles. The number of carbonyl (C=O) groups is 2. The lowest BCUT2D eigenvalue weighted by Gasteiger charge is -2.29. The number of pyridine rings is 3. The first-order valence-electron chi connectivity index (χ1n) is 31.7. The molecule has 6 heterocycles. The van der Waals surface area contributed by atoms with Gasteiger partial charge in [0.25, 0.3) is 0 Å². The topological polar surface area (TPSA) is 228 Å². The van der Waals surface area contributed by atoms with E-state index in [2.05, 4.69) is 71.5 Å². The summed E-state index contributed by atoms with van der Waals surface area (Å²) in [5, 5.41) is 30.0. The van der Waals surface area contributed by atoms with Gasteiger partial charge in [-0.2, -0.15) is 8.78 Å². The number of aliphatic hydroxyl groups is 1. The molecule has 5 aliphatic carbocycles. The lowest BCUT2D eigenvalue weighted by atomic mass is 9.83. The molecule has 0 atom stereocenters. The fraction of sp³-hybridized carbons (Fsp3) is 0.600. The smallest absolute Gasteiger partial charge is 0.416 e. The largest absolute Gasteiger partial charge is 0.444 e. The van der Waals surface area contributed by atoms with Gasteiger partial charge >= 0.3 is 12.2 Å². The first-order valence-corrected chi connectivity index (χ1v) is 35.4. The Morgan fingerprint density at radius 3 is 1.59 bits per heavy atom. The van der Waals surface area contributed by atoms with E-state index in [1.807, 2.05) is 20.8 Å². The van der Waals surface area contributed by atoms with Gasteiger partial charge in [0.1, 0.15) is 11.2 Å². The van der Waals surface area contributed by atoms with Gasteiger partial charge in [0.05, 0.1) is 32.1 Å². The monoisotopic (exact) mass is 1360 g/mol. The van der Waals surface area contributed by atoms with Crippen LogP contribution in [0.15, 0.2) is 52.9 Å². The van der Waals surface area contributed by atoms with E-state index in [-0.39, 0.29) is 5.02 Å². The normalized spacial score (nSPS) is 18.8. The van der Waals surface area contributed by atoms with Gasteiger partial charge in [-0.25, -0.2) is 34.5 Å². The molecule has 5 saturated carbocycles. The predicted octanol–water partition coefficient (Wildman–Crippen LogP) is 16.9. The summed E-state index contributed by atoms with van der Waals surface area (Å²) in [6.45, 7) is 19.5. The maximum Gasteiger partial charge on any atom is 0.416 e. The molecule has 6 aromatic rings. The first-order chi connectivity index (χ1) is 42.9. The van der Waals surface area contributed by atoms with Gasteiger partial charge in [0.15, 0.2) is 15.4 Å². The van der Waals surface area contributed by atoms with Gasteiger partial charge in [-0.05, 0) is 194 Å². The highest BCUT2D eigenvalue weighted by Crippen LogP contribution is 2.38. The Labute approximate surface area is 557 Å². The Balaban J connectivity index is 0.000000172. The van der Waals surface area contributed by atoms with Crippen molar-refractivity contribution in [3.05, 3.63) is 85.6 Å². The van der Waals surface area contributed by atoms with Crippen LogP contribution in [0.3, 0.4) is 0 Å². The summed E-state index contributed by atoms with van der Waals surface area (Å²) in [5.41, 5.74) is 9.57. The van der Waals surface area contributed by atoms with Crippen LogP contribution < -0.4 is 31.9 Å². The number of amides is 2. The quantitative estimate of drug-likeness (QED) is 0.0415. The average molecular weight is 1360 g/mol. The van der Waals surface area contributed by atoms with E-state index in [0.29, 0.717) is 79.9 Å². The number of halogens is 5. The summed E-state index contributed by atoms with van der Waals surface area (Å²) in [7, 11) is 0. The third-order valence-corrected chi connectivity index (χ3v) is 18.5. The highest BCUT2D eigenvalue weighted by molar-refractivity contribution is 7.14. The number of carbonyl (C=O) groups excluding carboxylic acids is 2. The van der Waals surface area contributed by atoms with Gasteiger partial charge in [0.2, 0.25) is 11.9 Å². The van der Waals surface area contributed by atoms with Crippen LogP contribution in [0, 0.1) is 35.6 Å². The second-order valence-corrected chi connectivity index (χ2v) is 29.5. The van der Waals surface area contributed by atoms with Gasteiger partial charge in [-0.15, -0.1) is 34.0 Å². The minimum Gasteiger partial charge on any atom is -0.444 e. The van der Waals surface area contributed by atoms with Crippen LogP contribution in [0.25, 0.3) is 33.8 Å². The molecule has 0 spiro atoms. The fourth-order valence-electron chi connectivity index (χ4n) is 9.69. The number of thiazole rings is 3. The Morgan fingerprint density at radius 2 is 1.09 bits per heavy atom. The van der Waals surface area contributed by atoms with Crippen molar-refractivity contribution in [3.8, 4) is 33.8 Å². The lowest BCUT2D eigenvalue weighted by molar-refractivity contribution is 0.0576. The molecular weight excluding hydrogens is 1270 g/mol. The van der Waals surface area contributed by atoms with Crippen molar-refractivity contribution in [3.63, 3.8) is 0 Å². The number of nitrogens with zero attached hydrogens (tertiary/aromatic N) is 7. The molecule has 0 saturated heterocycles. The van der Waals surface area contributed by atoms with Crippen molar-refractivity contribution in [2.24, 2.45) is 29.4 Å². The Hall–Kier alpha value is -4.75. The summed E-state index contributed by atoms with van der Waals surface area (Å²) < 4.78 is 37.2. The van der Waals surface area contributed by atoms with E-state index >= 15 is 0 Å². The molecule has 6 aromatic heterocycles. The maximum atomic E-state index is 13.4. The molecule has 7 N–H and O–H groups in total. The molecule has 5 aliphatic rings. The molecule has 0 radical (unpaired) electrons. The Morgan fingerprint density at radius 1 is 0.622 bits per heavy atom. The zero-order valence-corrected chi connectivity index (χ0v) is 57.9. The first kappa shape index (κ1) is 72.7. The molecule has 494 valence electrons. The standard InChI is InChI=1S/C22H31ClN4S.C17H19ClFN3O2S.C13H13ClFN3O2S.C9H20N2.C4H8O/c1-2-9-24-17-7-5-15(6-8-17)10-18-11-19(20(23)13-25-18)21-14-28-22(27-21)26-12-16-3-4-16;1-17(2,3)24-16(23)22(8-10-4-5-10)15-21-13(9-25-15)11-6-14(19)20-7-12(11)18;1-13(2,3)20-12(19)18-11-17-9(6-21-11)7-4-10(15)16-5-8(7)14;1-2-7-11-9-5-3-8(10)4-6-9;5-3-4-1-2-4/h11,13-17,24H,2-10,12H2,1H3,(H,26,27);6-7,9-10H,4-5,8H2,1-3H3;4-6H,1-3H3,(H,17,18,19);8-9,11H,2-7,10H2,1H3;4-5H,1-3H2. The van der Waals surface area contributed by atoms with E-state index < -0.39 is 35.3 Å². The zero-order chi connectivity index (χ0) is 65.0. The van der Waals surface area contributed by atoms with Gasteiger partial charge in [-0.1, -0.05) is 48.7 Å². The van der Waals surface area contributed by atoms with Crippen molar-refractivity contribution in [2.45, 2.75) is 194 Å². The van der Waals surface area contributed by atoms with Crippen LogP contribution in [0.5, 0.6) is 0 Å². The van der Waals surface area contributed by atoms with E-state index in [1.165, 1.54) is 144 Å². The van der Waals surface area contributed by atoms with Gasteiger partial charge in [-0.3, -0.25) is 15.2 Å². The number of anilines is 3. The van der Waals surface area contributed by atoms with Gasteiger partial charge in [0, 0.05) is 107 Å². The summed E-state index contributed by atoms with van der Waals surface area (Å²) >= 11 is 22.7. The molecule has 25 heteroatoms. The molecule has 11 rings (SSSR count). The summed E-state index contributed by atoms with van der Waals surface area (Å²) in [6.07, 6.45) is 24.3. The van der Waals surface area contributed by atoms with Crippen molar-refractivity contribution < 1.29 is 33.0 Å². The van der Waals surface area contributed by atoms with Gasteiger partial charge < -0.3 is 36.3 Å². The highest BCUT2D eigenvalue weighted by atomic mass is 35.5. The van der Waals surface area contributed by atoms with E-state index in [0.717, 1.165) is 72.3 Å². The average Bonchev–Trinajstić information content (AvgIpc) is 2.00. The number of aliphatic hydroxyl groups excluding tert-OH is 1. The number of nitrogens with one attached hydrogen (secondary N) is 4. The van der Waals surface area contributed by atoms with Crippen molar-refractivity contribution >= 4 is 96.4 Å². The number of aromatic nitrogens is 6. The zero-order valence-electron chi connectivity index (χ0n) is 53.2. The number of nitrogens with two attached hydrogens (primary N) is 1. The molecule has 90 heavy (non-hydrogen) atoms. The third kappa shape index (κ3) is 26.0. The van der Waals surface area contributed by atoms with E-state index in [1.54, 1.807) is 54.0 Å². The summed E-state index contributed by atoms with van der Waals surface area (Å²) in [4.78, 5) is 50.7. The molecule has 17 nitrogen and oxygen atoms in total. The number of hydrogen-bond donors (Lipinski definition) is 6. The second-order valence-electron chi connectivity index (χ2n) is 25.8. The van der Waals surface area contributed by atoms with Crippen molar-refractivity contribution in [2.75, 3.05) is 48.3 Å². The van der Waals surface area contributed by atoms with Crippen LogP contribution in [0.1, 0.15) is 164 Å². The molecule has 5 fully saturated rings. The fourth-order valence-corrected chi connectivity index (χ4v) is 12.5. The highest BCUT2D eigenvalue weighted by Gasteiger charge is 2.33. The minimum atomic E-state index is -0.649. The third-order valence-electron chi connectivity index (χ3n) is 15.2. The summed E-state index contributed by atoms with van der Waals surface area (Å²) in [6, 6.07) is 6.53. The van der Waals surface area contributed by atoms with Crippen LogP contribution in [0.2, 0.25) is 15.1 Å². The van der Waals surface area contributed by atoms with Crippen LogP contribution >= 0.6 is 68.8 Å². The number of ether oxygens (including phenoxy) is 2. The number of hydrogen-bond acceptors (Lipinski definition) is 18. The molecule has 2 amide bonds. The predicted molar refractivity (Wildman–Crippen MR) is 364 cm³/mol. The molecule has 0 unspecified atom stereocenters. The van der Waals surface area contributed by atoms with E-state index in [4.69, 9.17) is 60.1 Å². The van der Waals surface area contributed by atoms with Crippen molar-refractivity contribution in [1.82, 2.24) is 40.5 Å². The van der Waals surface area contributed by atoms with Crippen LogP contribution in [0.4, 0.5) is 33.8 Å². The minimum absolute atomic E-state index is 0.283. The number of rotatable bonds is 19. The van der Waals surface area contributed by atoms with E-state index in [9.17, 15) is 18.4 Å². The molecule has 0 bridgehead atoms. The van der Waals surface area contributed by atoms with Crippen molar-refractivity contribution in [1.29, 1.82) is 0 Å².